The molecule has 0 aromatic heterocycles. The largest absolute Gasteiger partial charge is 0.497 e. The first-order chi connectivity index (χ1) is 8.68. The normalized spacial score (nSPS) is 28.7. The summed E-state index contributed by atoms with van der Waals surface area (Å²) in [6.45, 7) is 0. The third-order valence-corrected chi connectivity index (χ3v) is 3.91. The number of carbonyl (C=O) groups excluding carboxylic acids is 1. The second-order valence-electron chi connectivity index (χ2n) is 4.90. The number of carbonyl (C=O) groups is 1. The maximum absolute atomic E-state index is 11.5. The van der Waals surface area contributed by atoms with E-state index < -0.39 is 0 Å². The first-order valence-electron chi connectivity index (χ1n) is 6.10. The average Bonchev–Trinajstić information content (AvgIpc) is 3.10. The Balaban J connectivity index is 1.83. The summed E-state index contributed by atoms with van der Waals surface area (Å²) in [5.74, 6) is 0.586. The number of benzene rings is 1. The van der Waals surface area contributed by atoms with Gasteiger partial charge in [0, 0.05) is 6.42 Å². The van der Waals surface area contributed by atoms with E-state index in [1.54, 1.807) is 7.11 Å². The molecule has 4 heteroatoms. The van der Waals surface area contributed by atoms with Crippen molar-refractivity contribution in [3.05, 3.63) is 29.3 Å². The van der Waals surface area contributed by atoms with Crippen LogP contribution in [0, 0.1) is 0 Å². The second-order valence-corrected chi connectivity index (χ2v) is 4.90. The predicted molar refractivity (Wildman–Crippen MR) is 64.6 cm³/mol. The Labute approximate surface area is 106 Å². The maximum Gasteiger partial charge on any atom is 0.338 e. The molecule has 1 aromatic carbocycles. The van der Waals surface area contributed by atoms with Crippen molar-refractivity contribution in [2.45, 2.75) is 31.0 Å². The van der Waals surface area contributed by atoms with Gasteiger partial charge in [-0.05, 0) is 36.1 Å². The maximum atomic E-state index is 11.5. The standard InChI is InChI=1S/C14H16O4/c1-16-11-4-3-9-5-6-14(8-10(9)7-11)12(18-14)13(15)17-2/h3-4,7,12H,5-6,8H2,1-2H3. The Bertz CT molecular complexity index is 497. The molecule has 96 valence electrons. The van der Waals surface area contributed by atoms with E-state index in [9.17, 15) is 4.79 Å². The monoisotopic (exact) mass is 248 g/mol. The summed E-state index contributed by atoms with van der Waals surface area (Å²) in [5, 5.41) is 0. The zero-order valence-electron chi connectivity index (χ0n) is 10.6. The van der Waals surface area contributed by atoms with Gasteiger partial charge in [-0.2, -0.15) is 0 Å². The van der Waals surface area contributed by atoms with Gasteiger partial charge >= 0.3 is 5.97 Å². The fourth-order valence-electron chi connectivity index (χ4n) is 2.79. The quantitative estimate of drug-likeness (QED) is 0.588. The highest BCUT2D eigenvalue weighted by molar-refractivity contribution is 5.79. The Hall–Kier alpha value is -1.55. The predicted octanol–water partition coefficient (Wildman–Crippen LogP) is 1.49. The van der Waals surface area contributed by atoms with E-state index in [2.05, 4.69) is 6.07 Å². The number of methoxy groups -OCH3 is 2. The van der Waals surface area contributed by atoms with Gasteiger partial charge in [0.2, 0.25) is 0 Å². The van der Waals surface area contributed by atoms with Crippen molar-refractivity contribution < 1.29 is 19.0 Å². The van der Waals surface area contributed by atoms with E-state index in [-0.39, 0.29) is 17.7 Å². The van der Waals surface area contributed by atoms with Crippen LogP contribution in [0.4, 0.5) is 0 Å². The molecule has 2 aliphatic rings. The first-order valence-corrected chi connectivity index (χ1v) is 6.10. The van der Waals surface area contributed by atoms with Gasteiger partial charge in [-0.3, -0.25) is 0 Å². The van der Waals surface area contributed by atoms with Gasteiger partial charge in [0.25, 0.3) is 0 Å². The highest BCUT2D eigenvalue weighted by Gasteiger charge is 2.62. The topological polar surface area (TPSA) is 48.1 Å². The van der Waals surface area contributed by atoms with Crippen LogP contribution in [0.5, 0.6) is 5.75 Å². The fourth-order valence-corrected chi connectivity index (χ4v) is 2.79. The van der Waals surface area contributed by atoms with Crippen LogP contribution in [0.2, 0.25) is 0 Å². The van der Waals surface area contributed by atoms with E-state index in [4.69, 9.17) is 14.2 Å². The van der Waals surface area contributed by atoms with E-state index >= 15 is 0 Å². The molecule has 1 fully saturated rings. The Morgan fingerprint density at radius 3 is 2.94 bits per heavy atom. The lowest BCUT2D eigenvalue weighted by atomic mass is 9.81. The van der Waals surface area contributed by atoms with E-state index in [0.717, 1.165) is 25.0 Å². The van der Waals surface area contributed by atoms with Crippen LogP contribution < -0.4 is 4.74 Å². The van der Waals surface area contributed by atoms with Crippen LogP contribution in [-0.2, 0) is 27.1 Å². The smallest absolute Gasteiger partial charge is 0.338 e. The molecule has 0 radical (unpaired) electrons. The summed E-state index contributed by atoms with van der Waals surface area (Å²) in [6.07, 6.45) is 2.19. The molecule has 1 heterocycles. The summed E-state index contributed by atoms with van der Waals surface area (Å²) in [4.78, 5) is 11.5. The van der Waals surface area contributed by atoms with E-state index in [1.165, 1.54) is 18.2 Å². The molecule has 0 saturated carbocycles. The summed E-state index contributed by atoms with van der Waals surface area (Å²) < 4.78 is 15.6. The summed E-state index contributed by atoms with van der Waals surface area (Å²) in [7, 11) is 3.06. The third-order valence-electron chi connectivity index (χ3n) is 3.91. The van der Waals surface area contributed by atoms with E-state index in [0.29, 0.717) is 0 Å². The summed E-state index contributed by atoms with van der Waals surface area (Å²) in [6, 6.07) is 6.10. The number of esters is 1. The minimum absolute atomic E-state index is 0.263. The molecule has 0 N–H and O–H groups in total. The molecule has 1 aromatic rings. The minimum Gasteiger partial charge on any atom is -0.497 e. The van der Waals surface area contributed by atoms with Gasteiger partial charge in [-0.15, -0.1) is 0 Å². The lowest BCUT2D eigenvalue weighted by Crippen LogP contribution is -2.29. The van der Waals surface area contributed by atoms with Gasteiger partial charge in [0.15, 0.2) is 6.10 Å². The number of aryl methyl sites for hydroxylation is 1. The molecule has 0 amide bonds. The molecule has 18 heavy (non-hydrogen) atoms. The van der Waals surface area contributed by atoms with Gasteiger partial charge in [-0.25, -0.2) is 4.79 Å². The molecule has 0 bridgehead atoms. The van der Waals surface area contributed by atoms with Crippen LogP contribution in [0.25, 0.3) is 0 Å². The Kier molecular flexibility index (Phi) is 2.55. The minimum atomic E-state index is -0.387. The number of hydrogen-bond acceptors (Lipinski definition) is 4. The molecular formula is C14H16O4. The Morgan fingerprint density at radius 1 is 1.39 bits per heavy atom. The van der Waals surface area contributed by atoms with Crippen molar-refractivity contribution in [2.75, 3.05) is 14.2 Å². The SMILES string of the molecule is COC(=O)C1OC12CCc1ccc(OC)cc1C2. The van der Waals surface area contributed by atoms with Crippen molar-refractivity contribution >= 4 is 5.97 Å². The zero-order valence-corrected chi connectivity index (χ0v) is 10.6. The molecular weight excluding hydrogens is 232 g/mol. The van der Waals surface area contributed by atoms with Crippen molar-refractivity contribution in [1.82, 2.24) is 0 Å². The Morgan fingerprint density at radius 2 is 2.22 bits per heavy atom. The van der Waals surface area contributed by atoms with Crippen molar-refractivity contribution in [2.24, 2.45) is 0 Å². The van der Waals surface area contributed by atoms with Crippen molar-refractivity contribution in [3.8, 4) is 5.75 Å². The van der Waals surface area contributed by atoms with Crippen LogP contribution in [0.15, 0.2) is 18.2 Å². The van der Waals surface area contributed by atoms with Crippen LogP contribution in [0.3, 0.4) is 0 Å². The van der Waals surface area contributed by atoms with Crippen LogP contribution >= 0.6 is 0 Å². The molecule has 4 nitrogen and oxygen atoms in total. The molecule has 1 aliphatic heterocycles. The van der Waals surface area contributed by atoms with E-state index in [1.807, 2.05) is 12.1 Å². The summed E-state index contributed by atoms with van der Waals surface area (Å²) >= 11 is 0. The molecule has 2 unspecified atom stereocenters. The fraction of sp³-hybridized carbons (Fsp3) is 0.500. The van der Waals surface area contributed by atoms with Crippen molar-refractivity contribution in [3.63, 3.8) is 0 Å². The third kappa shape index (κ3) is 1.68. The lowest BCUT2D eigenvalue weighted by molar-refractivity contribution is -0.142. The number of ether oxygens (including phenoxy) is 3. The number of epoxide rings is 1. The van der Waals surface area contributed by atoms with Crippen LogP contribution in [-0.4, -0.2) is 31.9 Å². The number of rotatable bonds is 2. The molecule has 2 atom stereocenters. The van der Waals surface area contributed by atoms with Gasteiger partial charge in [0.1, 0.15) is 11.4 Å². The lowest BCUT2D eigenvalue weighted by Gasteiger charge is -2.22. The molecule has 1 aliphatic carbocycles. The van der Waals surface area contributed by atoms with Gasteiger partial charge < -0.3 is 14.2 Å². The second kappa shape index (κ2) is 3.99. The zero-order chi connectivity index (χ0) is 12.8. The number of fused-ring (bicyclic) bond motifs is 1. The highest BCUT2D eigenvalue weighted by atomic mass is 16.7. The first kappa shape index (κ1) is 11.5. The highest BCUT2D eigenvalue weighted by Crippen LogP contribution is 2.47. The summed E-state index contributed by atoms with van der Waals surface area (Å²) in [5.41, 5.74) is 2.21. The molecule has 1 spiro atoms. The van der Waals surface area contributed by atoms with Gasteiger partial charge in [-0.1, -0.05) is 6.07 Å². The number of hydrogen-bond donors (Lipinski definition) is 0. The average molecular weight is 248 g/mol. The molecule has 3 rings (SSSR count). The van der Waals surface area contributed by atoms with Gasteiger partial charge in [0.05, 0.1) is 14.2 Å². The van der Waals surface area contributed by atoms with Crippen LogP contribution in [0.1, 0.15) is 17.5 Å². The van der Waals surface area contributed by atoms with Crippen molar-refractivity contribution in [1.29, 1.82) is 0 Å². The molecule has 1 saturated heterocycles.